The van der Waals surface area contributed by atoms with Crippen LogP contribution in [0, 0.1) is 0 Å². The average Bonchev–Trinajstić information content (AvgIpc) is 1.56. The van der Waals surface area contributed by atoms with Crippen molar-refractivity contribution < 1.29 is 22.5 Å². The molecule has 0 aliphatic heterocycles. The van der Waals surface area contributed by atoms with E-state index in [9.17, 15) is 13.2 Å². The van der Waals surface area contributed by atoms with Crippen LogP contribution in [0.25, 0.3) is 0 Å². The number of hydrogen-bond donors (Lipinski definition) is 2. The zero-order valence-corrected chi connectivity index (χ0v) is 6.88. The summed E-state index contributed by atoms with van der Waals surface area (Å²) in [5.41, 5.74) is 4.91. The van der Waals surface area contributed by atoms with Gasteiger partial charge in [0.25, 0.3) is 5.06 Å². The highest BCUT2D eigenvalue weighted by Gasteiger charge is 2.36. The second-order valence-electron chi connectivity index (χ2n) is 2.08. The van der Waals surface area contributed by atoms with E-state index >= 15 is 0 Å². The standard InChI is InChI=1S/C4H9NO5S/c1-3(6)10-4(2,5)11(7,8)9/h5H2,1-2H3,(H,7,8,9). The highest BCUT2D eigenvalue weighted by molar-refractivity contribution is 7.87. The van der Waals surface area contributed by atoms with Gasteiger partial charge in [-0.15, -0.1) is 0 Å². The van der Waals surface area contributed by atoms with E-state index in [1.807, 2.05) is 0 Å². The van der Waals surface area contributed by atoms with Crippen LogP contribution in [0.3, 0.4) is 0 Å². The molecule has 0 aromatic rings. The molecule has 6 nitrogen and oxygen atoms in total. The van der Waals surface area contributed by atoms with Crippen LogP contribution in [0.1, 0.15) is 13.8 Å². The van der Waals surface area contributed by atoms with Gasteiger partial charge in [0.05, 0.1) is 0 Å². The smallest absolute Gasteiger partial charge is 0.320 e. The normalized spacial score (nSPS) is 17.1. The van der Waals surface area contributed by atoms with Gasteiger partial charge in [0.2, 0.25) is 0 Å². The Bertz CT molecular complexity index is 254. The molecule has 7 heteroatoms. The predicted octanol–water partition coefficient (Wildman–Crippen LogP) is -0.930. The Morgan fingerprint density at radius 2 is 2.00 bits per heavy atom. The molecule has 0 bridgehead atoms. The van der Waals surface area contributed by atoms with Crippen LogP contribution in [0.2, 0.25) is 0 Å². The van der Waals surface area contributed by atoms with Gasteiger partial charge in [0, 0.05) is 13.8 Å². The van der Waals surface area contributed by atoms with Gasteiger partial charge in [-0.25, -0.2) is 0 Å². The van der Waals surface area contributed by atoms with Crippen LogP contribution in [0.15, 0.2) is 0 Å². The quantitative estimate of drug-likeness (QED) is 0.325. The molecule has 0 aromatic carbocycles. The summed E-state index contributed by atoms with van der Waals surface area (Å²) in [6.07, 6.45) is 0. The lowest BCUT2D eigenvalue weighted by atomic mass is 10.6. The summed E-state index contributed by atoms with van der Waals surface area (Å²) in [5.74, 6) is -0.882. The van der Waals surface area contributed by atoms with E-state index in [4.69, 9.17) is 10.3 Å². The zero-order valence-electron chi connectivity index (χ0n) is 6.07. The third-order valence-electron chi connectivity index (χ3n) is 0.859. The largest absolute Gasteiger partial charge is 0.427 e. The van der Waals surface area contributed by atoms with Gasteiger partial charge in [-0.05, 0) is 0 Å². The second kappa shape index (κ2) is 2.76. The summed E-state index contributed by atoms with van der Waals surface area (Å²) >= 11 is 0. The molecule has 0 radical (unpaired) electrons. The van der Waals surface area contributed by atoms with E-state index in [-0.39, 0.29) is 0 Å². The van der Waals surface area contributed by atoms with Crippen molar-refractivity contribution in [2.45, 2.75) is 18.9 Å². The summed E-state index contributed by atoms with van der Waals surface area (Å²) in [4.78, 5) is 10.2. The molecule has 0 fully saturated rings. The van der Waals surface area contributed by atoms with Gasteiger partial charge < -0.3 is 4.74 Å². The number of rotatable bonds is 2. The van der Waals surface area contributed by atoms with Gasteiger partial charge in [-0.3, -0.25) is 15.1 Å². The molecule has 0 aliphatic rings. The van der Waals surface area contributed by atoms with Crippen molar-refractivity contribution in [2.24, 2.45) is 5.73 Å². The predicted molar refractivity (Wildman–Crippen MR) is 35.9 cm³/mol. The monoisotopic (exact) mass is 183 g/mol. The molecule has 11 heavy (non-hydrogen) atoms. The molecule has 0 aliphatic carbocycles. The Morgan fingerprint density at radius 3 is 2.09 bits per heavy atom. The van der Waals surface area contributed by atoms with Crippen molar-refractivity contribution in [3.05, 3.63) is 0 Å². The first-order valence-corrected chi connectivity index (χ1v) is 4.06. The number of hydrogen-bond acceptors (Lipinski definition) is 5. The van der Waals surface area contributed by atoms with Gasteiger partial charge in [0.1, 0.15) is 0 Å². The van der Waals surface area contributed by atoms with Crippen molar-refractivity contribution in [1.82, 2.24) is 0 Å². The molecular formula is C4H9NO5S. The van der Waals surface area contributed by atoms with E-state index in [2.05, 4.69) is 4.74 Å². The molecule has 0 saturated heterocycles. The fourth-order valence-electron chi connectivity index (χ4n) is 0.338. The Morgan fingerprint density at radius 1 is 1.64 bits per heavy atom. The summed E-state index contributed by atoms with van der Waals surface area (Å²) < 4.78 is 33.2. The van der Waals surface area contributed by atoms with E-state index in [0.29, 0.717) is 0 Å². The van der Waals surface area contributed by atoms with Crippen LogP contribution in [-0.2, 0) is 19.6 Å². The van der Waals surface area contributed by atoms with Crippen LogP contribution < -0.4 is 5.73 Å². The Hall–Kier alpha value is -0.660. The van der Waals surface area contributed by atoms with Gasteiger partial charge in [-0.1, -0.05) is 0 Å². The molecule has 66 valence electrons. The maximum absolute atomic E-state index is 10.3. The van der Waals surface area contributed by atoms with Gasteiger partial charge in [0.15, 0.2) is 0 Å². The summed E-state index contributed by atoms with van der Waals surface area (Å²) in [6, 6.07) is 0. The Kier molecular flexibility index (Phi) is 2.60. The molecule has 1 atom stereocenters. The lowest BCUT2D eigenvalue weighted by Crippen LogP contribution is -2.48. The second-order valence-corrected chi connectivity index (χ2v) is 3.85. The van der Waals surface area contributed by atoms with Crippen molar-refractivity contribution in [2.75, 3.05) is 0 Å². The van der Waals surface area contributed by atoms with E-state index in [1.54, 1.807) is 0 Å². The molecule has 0 amide bonds. The zero-order chi connectivity index (χ0) is 9.28. The van der Waals surface area contributed by atoms with E-state index in [1.165, 1.54) is 0 Å². The highest BCUT2D eigenvalue weighted by Crippen LogP contribution is 2.09. The summed E-state index contributed by atoms with van der Waals surface area (Å²) in [5, 5.41) is -2.36. The van der Waals surface area contributed by atoms with E-state index < -0.39 is 21.1 Å². The van der Waals surface area contributed by atoms with E-state index in [0.717, 1.165) is 13.8 Å². The number of carbonyl (C=O) groups excluding carboxylic acids is 1. The maximum atomic E-state index is 10.3. The third kappa shape index (κ3) is 2.83. The van der Waals surface area contributed by atoms with Gasteiger partial charge >= 0.3 is 16.1 Å². The molecule has 0 aromatic heterocycles. The van der Waals surface area contributed by atoms with Crippen molar-refractivity contribution in [1.29, 1.82) is 0 Å². The minimum Gasteiger partial charge on any atom is -0.427 e. The first-order valence-electron chi connectivity index (χ1n) is 2.62. The molecule has 0 rings (SSSR count). The topological polar surface area (TPSA) is 107 Å². The van der Waals surface area contributed by atoms with Crippen molar-refractivity contribution >= 4 is 16.1 Å². The van der Waals surface area contributed by atoms with Crippen molar-refractivity contribution in [3.8, 4) is 0 Å². The number of nitrogens with two attached hydrogens (primary N) is 1. The molecular weight excluding hydrogens is 174 g/mol. The minimum atomic E-state index is -4.56. The average molecular weight is 183 g/mol. The van der Waals surface area contributed by atoms with Gasteiger partial charge in [-0.2, -0.15) is 8.42 Å². The molecule has 0 spiro atoms. The van der Waals surface area contributed by atoms with Crippen LogP contribution in [-0.4, -0.2) is 24.0 Å². The Labute approximate surface area is 64.1 Å². The number of esters is 1. The highest BCUT2D eigenvalue weighted by atomic mass is 32.2. The number of carbonyl (C=O) groups is 1. The minimum absolute atomic E-state index is 0.865. The molecule has 0 saturated carbocycles. The van der Waals surface area contributed by atoms with Crippen LogP contribution in [0.4, 0.5) is 0 Å². The molecule has 0 heterocycles. The lowest BCUT2D eigenvalue weighted by Gasteiger charge is -2.19. The molecule has 3 N–H and O–H groups in total. The SMILES string of the molecule is CC(=O)OC(C)(N)S(=O)(=O)O. The number of ether oxygens (including phenoxy) is 1. The lowest BCUT2D eigenvalue weighted by molar-refractivity contribution is -0.148. The van der Waals surface area contributed by atoms with Crippen LogP contribution in [0.5, 0.6) is 0 Å². The fraction of sp³-hybridized carbons (Fsp3) is 0.750. The first kappa shape index (κ1) is 10.3. The third-order valence-corrected chi connectivity index (χ3v) is 1.97. The van der Waals surface area contributed by atoms with Crippen LogP contribution >= 0.6 is 0 Å². The Balaban J connectivity index is 4.62. The fourth-order valence-corrected chi connectivity index (χ4v) is 0.561. The van der Waals surface area contributed by atoms with Crippen molar-refractivity contribution in [3.63, 3.8) is 0 Å². The maximum Gasteiger partial charge on any atom is 0.320 e. The first-order chi connectivity index (χ1) is 4.67. The summed E-state index contributed by atoms with van der Waals surface area (Å²) in [7, 11) is -4.56. The molecule has 1 unspecified atom stereocenters. The summed E-state index contributed by atoms with van der Waals surface area (Å²) in [6.45, 7) is 1.85.